The van der Waals surface area contributed by atoms with Crippen molar-refractivity contribution < 1.29 is 120 Å². The fraction of sp³-hybridized carbons (Fsp3) is 0.731. The predicted octanol–water partition coefficient (Wildman–Crippen LogP) is -7.41. The maximum Gasteiger partial charge on any atom is 0.242 e. The second-order valence-electron chi connectivity index (χ2n) is 37.2. The van der Waals surface area contributed by atoms with E-state index in [1.165, 1.54) is 262 Å². The van der Waals surface area contributed by atoms with E-state index in [-0.39, 0.29) is 38.0 Å². The molecule has 51 nitrogen and oxygen atoms in total. The summed E-state index contributed by atoms with van der Waals surface area (Å²) >= 11 is 0. The summed E-state index contributed by atoms with van der Waals surface area (Å²) in [5.41, 5.74) is 0. The van der Waals surface area contributed by atoms with Gasteiger partial charge in [0.1, 0.15) is 0 Å². The van der Waals surface area contributed by atoms with Gasteiger partial charge in [0.2, 0.25) is 148 Å². The van der Waals surface area contributed by atoms with Crippen molar-refractivity contribution in [3.8, 4) is 0 Å². The summed E-state index contributed by atoms with van der Waals surface area (Å²) in [5, 5.41) is 5.53. The standard InChI is InChI=1S/C93H164N26O25/c1-27-28-29-30-31-32-33-34-35-36-37-38-39-40-41-42-43-95-69(120)45-96(3)71(122)47-98(5)73(124)49-100(7)75(126)51-102(9)77(128)53-104(11)79(130)55-106(13)81(132)57-108(15)83(134)59-110(17)85(136)61-112(19)87(138)63-114(21)89(140)65-116(23)91(142)67-118(25)93(144)68-119(26)92(143)66-117(24)90(141)64-115(22)88(139)62-113(20)86(137)60-111(18)84(135)58-109(16)82(133)56-107(14)80(131)54-105(12)78(129)52-103(10)76(127)50-101(8)74(125)48-99(6)72(123)46-97(4)70(121)44-94-2/h94H,27-68H2,1-26H3,(H,95,120). The normalized spacial score (nSPS) is 10.7. The van der Waals surface area contributed by atoms with Gasteiger partial charge < -0.3 is 128 Å². The summed E-state index contributed by atoms with van der Waals surface area (Å²) in [6, 6.07) is 0. The first kappa shape index (κ1) is 131. The Morgan fingerprint density at radius 1 is 0.139 bits per heavy atom. The van der Waals surface area contributed by atoms with E-state index in [0.29, 0.717) is 6.54 Å². The summed E-state index contributed by atoms with van der Waals surface area (Å²) in [7, 11) is 32.9. The zero-order chi connectivity index (χ0) is 110. The molecule has 0 heterocycles. The van der Waals surface area contributed by atoms with Gasteiger partial charge in [-0.15, -0.1) is 0 Å². The number of nitrogens with one attached hydrogen (secondary N) is 2. The van der Waals surface area contributed by atoms with Gasteiger partial charge in [-0.05, 0) is 13.5 Å². The molecule has 0 saturated carbocycles. The molecule has 0 aromatic carbocycles. The van der Waals surface area contributed by atoms with Crippen LogP contribution in [0.25, 0.3) is 0 Å². The van der Waals surface area contributed by atoms with Crippen molar-refractivity contribution >= 4 is 148 Å². The lowest BCUT2D eigenvalue weighted by Gasteiger charge is -2.28. The molecule has 0 rings (SSSR count). The maximum atomic E-state index is 13.3. The van der Waals surface area contributed by atoms with E-state index in [9.17, 15) is 120 Å². The SMILES string of the molecule is CCCCCCCCCCCCCCCCCCNC(=O)CN(C)C(=O)CN(C)C(=O)CN(C)C(=O)CN(C)C(=O)CN(C)C(=O)CN(C)C(=O)CN(C)C(=O)CN(C)C(=O)CN(C)C(=O)CN(C)C(=O)CN(C)C(=O)CN(C)C(=O)CN(C)C(=O)CN(C)C(=O)CN(C)C(=O)CN(C)C(=O)CN(C)C(=O)CN(C)C(=O)CN(C)C(=O)CN(C)C(=O)CN(C)C(=O)CN(C)C(=O)CN(C)C(=O)CN(C)C(=O)CNC. The van der Waals surface area contributed by atoms with E-state index in [2.05, 4.69) is 17.6 Å². The van der Waals surface area contributed by atoms with Gasteiger partial charge in [-0.25, -0.2) is 0 Å². The van der Waals surface area contributed by atoms with Gasteiger partial charge >= 0.3 is 0 Å². The van der Waals surface area contributed by atoms with Crippen LogP contribution in [0.4, 0.5) is 0 Å². The van der Waals surface area contributed by atoms with E-state index >= 15 is 0 Å². The first-order valence-electron chi connectivity index (χ1n) is 47.8. The summed E-state index contributed by atoms with van der Waals surface area (Å²) < 4.78 is 0. The monoisotopic (exact) mass is 2050 g/mol. The van der Waals surface area contributed by atoms with E-state index in [4.69, 9.17) is 0 Å². The molecule has 0 aromatic heterocycles. The topological polar surface area (TPSA) is 529 Å². The molecule has 0 saturated heterocycles. The molecule has 0 aliphatic heterocycles. The van der Waals surface area contributed by atoms with Crippen LogP contribution in [0.15, 0.2) is 0 Å². The van der Waals surface area contributed by atoms with Crippen LogP contribution in [0, 0.1) is 0 Å². The smallest absolute Gasteiger partial charge is 0.242 e. The van der Waals surface area contributed by atoms with Crippen LogP contribution in [-0.4, -0.2) is 612 Å². The van der Waals surface area contributed by atoms with Crippen LogP contribution in [0.1, 0.15) is 110 Å². The Kier molecular flexibility index (Phi) is 61.8. The third-order valence-corrected chi connectivity index (χ3v) is 23.8. The van der Waals surface area contributed by atoms with Crippen molar-refractivity contribution in [3.05, 3.63) is 0 Å². The van der Waals surface area contributed by atoms with Gasteiger partial charge in [0.25, 0.3) is 0 Å². The Morgan fingerprint density at radius 3 is 0.347 bits per heavy atom. The highest BCUT2D eigenvalue weighted by Crippen LogP contribution is 2.15. The quantitative estimate of drug-likeness (QED) is 0.0534. The van der Waals surface area contributed by atoms with Crippen LogP contribution in [0.2, 0.25) is 0 Å². The minimum atomic E-state index is -0.721. The van der Waals surface area contributed by atoms with Crippen molar-refractivity contribution in [1.29, 1.82) is 0 Å². The largest absolute Gasteiger partial charge is 0.355 e. The summed E-state index contributed by atoms with van der Waals surface area (Å²) in [4.78, 5) is 352. The van der Waals surface area contributed by atoms with Gasteiger partial charge in [0.05, 0.1) is 164 Å². The van der Waals surface area contributed by atoms with Crippen molar-refractivity contribution in [2.45, 2.75) is 110 Å². The highest BCUT2D eigenvalue weighted by molar-refractivity contribution is 5.99. The van der Waals surface area contributed by atoms with E-state index in [0.717, 1.165) is 127 Å². The number of likely N-dealkylation sites (N-methyl/N-ethyl adjacent to an activating group) is 25. The van der Waals surface area contributed by atoms with Crippen molar-refractivity contribution in [2.75, 3.05) is 346 Å². The number of carbonyl (C=O) groups excluding carboxylic acids is 25. The molecule has 2 N–H and O–H groups in total. The molecule has 0 fully saturated rings. The lowest BCUT2D eigenvalue weighted by molar-refractivity contribution is -0.147. The maximum absolute atomic E-state index is 13.3. The molecule has 0 aromatic rings. The number of amides is 25. The third-order valence-electron chi connectivity index (χ3n) is 23.8. The minimum Gasteiger partial charge on any atom is -0.355 e. The molecule has 0 aliphatic rings. The van der Waals surface area contributed by atoms with Crippen LogP contribution in [-0.2, 0) is 120 Å². The highest BCUT2D eigenvalue weighted by Gasteiger charge is 2.33. The Hall–Kier alpha value is -13.3. The van der Waals surface area contributed by atoms with Gasteiger partial charge in [-0.1, -0.05) is 103 Å². The fourth-order valence-electron chi connectivity index (χ4n) is 13.0. The first-order valence-corrected chi connectivity index (χ1v) is 47.8. The van der Waals surface area contributed by atoms with E-state index < -0.39 is 273 Å². The number of rotatable bonds is 67. The summed E-state index contributed by atoms with van der Waals surface area (Å²) in [6.07, 6.45) is 19.8. The molecule has 0 atom stereocenters. The van der Waals surface area contributed by atoms with Crippen LogP contribution < -0.4 is 10.6 Å². The zero-order valence-corrected chi connectivity index (χ0v) is 90.1. The lowest BCUT2D eigenvalue weighted by atomic mass is 10.0. The van der Waals surface area contributed by atoms with Crippen molar-refractivity contribution in [3.63, 3.8) is 0 Å². The van der Waals surface area contributed by atoms with Gasteiger partial charge in [0.15, 0.2) is 0 Å². The molecule has 144 heavy (non-hydrogen) atoms. The first-order chi connectivity index (χ1) is 67.1. The van der Waals surface area contributed by atoms with Gasteiger partial charge in [-0.2, -0.15) is 0 Å². The molecule has 51 heteroatoms. The number of hydrogen-bond acceptors (Lipinski definition) is 26. The molecule has 0 aliphatic carbocycles. The minimum absolute atomic E-state index is 0.00918. The molecular weight excluding hydrogens is 1880 g/mol. The van der Waals surface area contributed by atoms with E-state index in [1.807, 2.05) is 0 Å². The van der Waals surface area contributed by atoms with Crippen molar-refractivity contribution in [1.82, 2.24) is 128 Å². The zero-order valence-electron chi connectivity index (χ0n) is 90.1. The Bertz CT molecular complexity index is 4250. The summed E-state index contributed by atoms with van der Waals surface area (Å²) in [5.74, 6) is -16.1. The predicted molar refractivity (Wildman–Crippen MR) is 530 cm³/mol. The Balaban J connectivity index is 4.97. The van der Waals surface area contributed by atoms with Crippen molar-refractivity contribution in [2.24, 2.45) is 0 Å². The highest BCUT2D eigenvalue weighted by atomic mass is 16.2. The van der Waals surface area contributed by atoms with E-state index in [1.54, 1.807) is 7.05 Å². The molecule has 25 amide bonds. The average Bonchev–Trinajstić information content (AvgIpc) is 0.876. The molecular formula is C93H164N26O25. The van der Waals surface area contributed by atoms with Crippen LogP contribution in [0.3, 0.4) is 0 Å². The lowest BCUT2D eigenvalue weighted by Crippen LogP contribution is -2.50. The van der Waals surface area contributed by atoms with Crippen LogP contribution in [0.5, 0.6) is 0 Å². The second kappa shape index (κ2) is 68.0. The summed E-state index contributed by atoms with van der Waals surface area (Å²) in [6.45, 7) is -9.11. The van der Waals surface area contributed by atoms with Gasteiger partial charge in [-0.3, -0.25) is 120 Å². The molecule has 0 bridgehead atoms. The molecule has 816 valence electrons. The third kappa shape index (κ3) is 52.1. The number of unbranched alkanes of at least 4 members (excludes halogenated alkanes) is 15. The number of nitrogens with zero attached hydrogens (tertiary/aromatic N) is 24. The molecule has 0 spiro atoms. The molecule has 0 radical (unpaired) electrons. The number of hydrogen-bond donors (Lipinski definition) is 2. The Labute approximate surface area is 848 Å². The fourth-order valence-corrected chi connectivity index (χ4v) is 13.0. The molecule has 0 unspecified atom stereocenters. The van der Waals surface area contributed by atoms with Gasteiger partial charge in [0, 0.05) is 176 Å². The second-order valence-corrected chi connectivity index (χ2v) is 37.2. The average molecular weight is 2050 g/mol. The number of carbonyl (C=O) groups is 25. The van der Waals surface area contributed by atoms with Crippen LogP contribution >= 0.6 is 0 Å². The Morgan fingerprint density at radius 2 is 0.236 bits per heavy atom.